The largest absolute Gasteiger partial charge is 0.495 e. The van der Waals surface area contributed by atoms with E-state index >= 15 is 0 Å². The summed E-state index contributed by atoms with van der Waals surface area (Å²) in [4.78, 5) is 12.1. The van der Waals surface area contributed by atoms with Crippen LogP contribution in [0.4, 0.5) is 17.5 Å². The standard InChI is InChI=1S/C17H20ClN5O3S/c1-4-7-19-15-14-11(18)9-20-16(14)23-17(22-15)21-12-6-5-10(27(3,24)25)8-13(12)26-2/h5-6,8-9H,4,7H2,1-3H3,(H3,19,20,21,22,23). The Balaban J connectivity index is 2.01. The lowest BCUT2D eigenvalue weighted by Gasteiger charge is -2.13. The molecule has 10 heteroatoms. The van der Waals surface area contributed by atoms with Crippen LogP contribution in [0.25, 0.3) is 11.0 Å². The molecule has 0 fully saturated rings. The van der Waals surface area contributed by atoms with Crippen LogP contribution in [0, 0.1) is 0 Å². The number of halogens is 1. The molecule has 0 spiro atoms. The van der Waals surface area contributed by atoms with Crippen molar-refractivity contribution in [2.75, 3.05) is 30.5 Å². The SMILES string of the molecule is CCCNc1nc(Nc2ccc(S(C)(=O)=O)cc2OC)nc2[nH]cc(Cl)c12. The summed E-state index contributed by atoms with van der Waals surface area (Å²) < 4.78 is 28.8. The Kier molecular flexibility index (Phi) is 5.43. The molecule has 3 aromatic rings. The molecule has 0 saturated carbocycles. The van der Waals surface area contributed by atoms with Gasteiger partial charge in [-0.25, -0.2) is 8.42 Å². The van der Waals surface area contributed by atoms with Gasteiger partial charge in [-0.15, -0.1) is 0 Å². The van der Waals surface area contributed by atoms with Gasteiger partial charge in [0.2, 0.25) is 5.95 Å². The van der Waals surface area contributed by atoms with Crippen molar-refractivity contribution in [3.63, 3.8) is 0 Å². The van der Waals surface area contributed by atoms with Crippen LogP contribution in [0.1, 0.15) is 13.3 Å². The van der Waals surface area contributed by atoms with Gasteiger partial charge < -0.3 is 20.4 Å². The number of benzene rings is 1. The highest BCUT2D eigenvalue weighted by molar-refractivity contribution is 7.90. The first-order chi connectivity index (χ1) is 12.8. The molecule has 27 heavy (non-hydrogen) atoms. The van der Waals surface area contributed by atoms with E-state index in [-0.39, 0.29) is 4.90 Å². The molecule has 2 aromatic heterocycles. The summed E-state index contributed by atoms with van der Waals surface area (Å²) in [6.07, 6.45) is 3.73. The predicted octanol–water partition coefficient (Wildman–Crippen LogP) is 3.59. The minimum absolute atomic E-state index is 0.169. The summed E-state index contributed by atoms with van der Waals surface area (Å²) in [5, 5.41) is 7.57. The molecule has 144 valence electrons. The summed E-state index contributed by atoms with van der Waals surface area (Å²) >= 11 is 6.23. The fourth-order valence-corrected chi connectivity index (χ4v) is 3.42. The number of fused-ring (bicyclic) bond motifs is 1. The maximum atomic E-state index is 11.7. The van der Waals surface area contributed by atoms with Gasteiger partial charge in [0.25, 0.3) is 0 Å². The average Bonchev–Trinajstić information content (AvgIpc) is 3.00. The first kappa shape index (κ1) is 19.2. The fraction of sp³-hybridized carbons (Fsp3) is 0.294. The second-order valence-corrected chi connectivity index (χ2v) is 8.37. The zero-order chi connectivity index (χ0) is 19.6. The van der Waals surface area contributed by atoms with Crippen molar-refractivity contribution in [1.82, 2.24) is 15.0 Å². The topological polar surface area (TPSA) is 109 Å². The van der Waals surface area contributed by atoms with Gasteiger partial charge in [-0.05, 0) is 18.6 Å². The quantitative estimate of drug-likeness (QED) is 0.547. The molecule has 1 aromatic carbocycles. The summed E-state index contributed by atoms with van der Waals surface area (Å²) in [6, 6.07) is 4.57. The van der Waals surface area contributed by atoms with E-state index in [1.807, 2.05) is 0 Å². The van der Waals surface area contributed by atoms with E-state index in [2.05, 4.69) is 32.5 Å². The Labute approximate surface area is 162 Å². The number of aromatic nitrogens is 3. The van der Waals surface area contributed by atoms with E-state index in [0.29, 0.717) is 33.9 Å². The second-order valence-electron chi connectivity index (χ2n) is 5.94. The molecule has 0 bridgehead atoms. The Morgan fingerprint density at radius 3 is 2.74 bits per heavy atom. The van der Waals surface area contributed by atoms with Gasteiger partial charge in [0.15, 0.2) is 9.84 Å². The van der Waals surface area contributed by atoms with Crippen molar-refractivity contribution in [3.05, 3.63) is 29.4 Å². The number of nitrogens with zero attached hydrogens (tertiary/aromatic N) is 2. The highest BCUT2D eigenvalue weighted by Gasteiger charge is 2.15. The number of anilines is 3. The van der Waals surface area contributed by atoms with E-state index in [1.54, 1.807) is 12.3 Å². The molecule has 8 nitrogen and oxygen atoms in total. The molecule has 0 aliphatic heterocycles. The van der Waals surface area contributed by atoms with Gasteiger partial charge in [0.05, 0.1) is 28.1 Å². The molecule has 0 saturated heterocycles. The zero-order valence-corrected chi connectivity index (χ0v) is 16.7. The highest BCUT2D eigenvalue weighted by atomic mass is 35.5. The average molecular weight is 410 g/mol. The van der Waals surface area contributed by atoms with Gasteiger partial charge >= 0.3 is 0 Å². The molecule has 3 rings (SSSR count). The van der Waals surface area contributed by atoms with Crippen molar-refractivity contribution in [2.24, 2.45) is 0 Å². The first-order valence-electron chi connectivity index (χ1n) is 8.27. The summed E-state index contributed by atoms with van der Waals surface area (Å²) in [6.45, 7) is 2.79. The fourth-order valence-electron chi connectivity index (χ4n) is 2.55. The van der Waals surface area contributed by atoms with Crippen LogP contribution in [0.3, 0.4) is 0 Å². The maximum absolute atomic E-state index is 11.7. The van der Waals surface area contributed by atoms with E-state index in [4.69, 9.17) is 16.3 Å². The van der Waals surface area contributed by atoms with Crippen LogP contribution in [0.5, 0.6) is 5.75 Å². The van der Waals surface area contributed by atoms with Crippen molar-refractivity contribution >= 4 is 49.9 Å². The zero-order valence-electron chi connectivity index (χ0n) is 15.1. The number of H-pyrrole nitrogens is 1. The highest BCUT2D eigenvalue weighted by Crippen LogP contribution is 2.32. The van der Waals surface area contributed by atoms with Crippen LogP contribution >= 0.6 is 11.6 Å². The van der Waals surface area contributed by atoms with Crippen molar-refractivity contribution < 1.29 is 13.2 Å². The molecule has 0 atom stereocenters. The first-order valence-corrected chi connectivity index (χ1v) is 10.5. The van der Waals surface area contributed by atoms with Crippen LogP contribution in [0.2, 0.25) is 5.02 Å². The summed E-state index contributed by atoms with van der Waals surface area (Å²) in [5.41, 5.74) is 1.13. The molecule has 0 aliphatic carbocycles. The van der Waals surface area contributed by atoms with Crippen LogP contribution in [-0.2, 0) is 9.84 Å². The predicted molar refractivity (Wildman–Crippen MR) is 107 cm³/mol. The summed E-state index contributed by atoms with van der Waals surface area (Å²) in [7, 11) is -1.87. The normalized spacial score (nSPS) is 11.6. The number of nitrogens with one attached hydrogen (secondary N) is 3. The van der Waals surface area contributed by atoms with Gasteiger partial charge in [0, 0.05) is 25.1 Å². The molecule has 2 heterocycles. The van der Waals surface area contributed by atoms with Crippen molar-refractivity contribution in [1.29, 1.82) is 0 Å². The Morgan fingerprint density at radius 2 is 2.07 bits per heavy atom. The molecule has 0 aliphatic rings. The Morgan fingerprint density at radius 1 is 1.30 bits per heavy atom. The molecule has 3 N–H and O–H groups in total. The minimum Gasteiger partial charge on any atom is -0.495 e. The van der Waals surface area contributed by atoms with Crippen LogP contribution < -0.4 is 15.4 Å². The molecular weight excluding hydrogens is 390 g/mol. The molecule has 0 unspecified atom stereocenters. The van der Waals surface area contributed by atoms with E-state index in [9.17, 15) is 8.42 Å². The van der Waals surface area contributed by atoms with Gasteiger partial charge in [0.1, 0.15) is 17.2 Å². The third kappa shape index (κ3) is 4.09. The number of sulfone groups is 1. The second kappa shape index (κ2) is 7.61. The number of methoxy groups -OCH3 is 1. The maximum Gasteiger partial charge on any atom is 0.231 e. The van der Waals surface area contributed by atoms with Gasteiger partial charge in [-0.3, -0.25) is 0 Å². The lowest BCUT2D eigenvalue weighted by atomic mass is 10.3. The lowest BCUT2D eigenvalue weighted by molar-refractivity contribution is 0.415. The molecular formula is C17H20ClN5O3S. The smallest absolute Gasteiger partial charge is 0.231 e. The Hall–Kier alpha value is -2.52. The monoisotopic (exact) mass is 409 g/mol. The van der Waals surface area contributed by atoms with Crippen LogP contribution in [0.15, 0.2) is 29.3 Å². The summed E-state index contributed by atoms with van der Waals surface area (Å²) in [5.74, 6) is 1.31. The number of aromatic amines is 1. The van der Waals surface area contributed by atoms with Crippen molar-refractivity contribution in [3.8, 4) is 5.75 Å². The number of hydrogen-bond donors (Lipinski definition) is 3. The van der Waals surface area contributed by atoms with Gasteiger partial charge in [-0.1, -0.05) is 18.5 Å². The number of ether oxygens (including phenoxy) is 1. The number of hydrogen-bond acceptors (Lipinski definition) is 7. The lowest BCUT2D eigenvalue weighted by Crippen LogP contribution is -2.07. The third-order valence-corrected chi connectivity index (χ3v) is 5.28. The molecule has 0 amide bonds. The van der Waals surface area contributed by atoms with Crippen LogP contribution in [-0.4, -0.2) is 43.3 Å². The van der Waals surface area contributed by atoms with E-state index < -0.39 is 9.84 Å². The van der Waals surface area contributed by atoms with E-state index in [0.717, 1.165) is 24.6 Å². The Bertz CT molecular complexity index is 1080. The third-order valence-electron chi connectivity index (χ3n) is 3.87. The number of rotatable bonds is 7. The minimum atomic E-state index is -3.34. The van der Waals surface area contributed by atoms with Gasteiger partial charge in [-0.2, -0.15) is 9.97 Å². The molecule has 0 radical (unpaired) electrons. The van der Waals surface area contributed by atoms with E-state index in [1.165, 1.54) is 19.2 Å². The van der Waals surface area contributed by atoms with Crippen molar-refractivity contribution in [2.45, 2.75) is 18.2 Å².